The quantitative estimate of drug-likeness (QED) is 0.770. The van der Waals surface area contributed by atoms with E-state index in [4.69, 9.17) is 11.6 Å². The van der Waals surface area contributed by atoms with Crippen molar-refractivity contribution in [2.45, 2.75) is 44.4 Å². The van der Waals surface area contributed by atoms with Crippen LogP contribution in [-0.2, 0) is 17.8 Å². The van der Waals surface area contributed by atoms with Crippen LogP contribution in [0, 0.1) is 0 Å². The van der Waals surface area contributed by atoms with Gasteiger partial charge in [0.05, 0.1) is 5.69 Å². The Balaban J connectivity index is 1.84. The van der Waals surface area contributed by atoms with Gasteiger partial charge in [0, 0.05) is 42.4 Å². The van der Waals surface area contributed by atoms with Gasteiger partial charge in [0.2, 0.25) is 5.82 Å². The zero-order valence-corrected chi connectivity index (χ0v) is 14.2. The monoisotopic (exact) mass is 350 g/mol. The van der Waals surface area contributed by atoms with Crippen LogP contribution in [0.15, 0.2) is 18.3 Å². The van der Waals surface area contributed by atoms with Crippen LogP contribution in [0.3, 0.4) is 0 Å². The van der Waals surface area contributed by atoms with Gasteiger partial charge in [0.1, 0.15) is 11.0 Å². The van der Waals surface area contributed by atoms with Crippen molar-refractivity contribution >= 4 is 23.1 Å². The topological polar surface area (TPSA) is 41.9 Å². The number of hydrogen-bond acceptors (Lipinski definition) is 4. The third-order valence-corrected chi connectivity index (χ3v) is 5.03. The third kappa shape index (κ3) is 2.44. The number of pyridine rings is 1. The second-order valence-corrected chi connectivity index (χ2v) is 7.06. The molecule has 2 aliphatic rings. The average molecular weight is 351 g/mol. The first-order valence-corrected chi connectivity index (χ1v) is 8.40. The van der Waals surface area contributed by atoms with Gasteiger partial charge < -0.3 is 4.90 Å². The normalized spacial score (nSPS) is 18.1. The Labute approximate surface area is 143 Å². The SMILES string of the molecule is CCc1cc(N2CC3(CC3)c3cnc(Cl)cc32)nc(C(C)(F)F)n1. The number of halogens is 3. The minimum atomic E-state index is -3.07. The Kier molecular flexibility index (Phi) is 3.33. The number of nitrogens with zero attached hydrogens (tertiary/aromatic N) is 4. The third-order valence-electron chi connectivity index (χ3n) is 4.82. The summed E-state index contributed by atoms with van der Waals surface area (Å²) in [7, 11) is 0. The first-order valence-electron chi connectivity index (χ1n) is 8.02. The van der Waals surface area contributed by atoms with Crippen LogP contribution in [0.1, 0.15) is 43.8 Å². The van der Waals surface area contributed by atoms with Gasteiger partial charge in [0.15, 0.2) is 0 Å². The Hall–Kier alpha value is -1.82. The molecule has 7 heteroatoms. The Morgan fingerprint density at radius 3 is 2.67 bits per heavy atom. The lowest BCUT2D eigenvalue weighted by Gasteiger charge is -2.21. The van der Waals surface area contributed by atoms with Gasteiger partial charge >= 0.3 is 5.92 Å². The summed E-state index contributed by atoms with van der Waals surface area (Å²) in [6, 6.07) is 3.58. The zero-order chi connectivity index (χ0) is 17.1. The van der Waals surface area contributed by atoms with Gasteiger partial charge in [-0.25, -0.2) is 15.0 Å². The van der Waals surface area contributed by atoms with Crippen molar-refractivity contribution in [2.75, 3.05) is 11.4 Å². The van der Waals surface area contributed by atoms with Crippen LogP contribution < -0.4 is 4.90 Å². The van der Waals surface area contributed by atoms with E-state index >= 15 is 0 Å². The fourth-order valence-electron chi connectivity index (χ4n) is 3.31. The molecule has 2 aromatic rings. The molecule has 1 fully saturated rings. The molecule has 3 heterocycles. The highest BCUT2D eigenvalue weighted by molar-refractivity contribution is 6.29. The van der Waals surface area contributed by atoms with E-state index in [9.17, 15) is 8.78 Å². The lowest BCUT2D eigenvalue weighted by atomic mass is 10.0. The zero-order valence-electron chi connectivity index (χ0n) is 13.5. The Bertz CT molecular complexity index is 815. The molecule has 0 amide bonds. The molecule has 1 aliphatic carbocycles. The summed E-state index contributed by atoms with van der Waals surface area (Å²) in [6.45, 7) is 3.44. The van der Waals surface area contributed by atoms with Gasteiger partial charge in [-0.2, -0.15) is 8.78 Å². The van der Waals surface area contributed by atoms with Crippen molar-refractivity contribution in [2.24, 2.45) is 0 Å². The van der Waals surface area contributed by atoms with Crippen molar-refractivity contribution in [1.82, 2.24) is 15.0 Å². The molecule has 0 radical (unpaired) electrons. The summed E-state index contributed by atoms with van der Waals surface area (Å²) in [5.74, 6) is -3.00. The van der Waals surface area contributed by atoms with Gasteiger partial charge in [-0.3, -0.25) is 0 Å². The summed E-state index contributed by atoms with van der Waals surface area (Å²) >= 11 is 6.06. The summed E-state index contributed by atoms with van der Waals surface area (Å²) in [5, 5.41) is 0.391. The predicted octanol–water partition coefficient (Wildman–Crippen LogP) is 4.38. The first kappa shape index (κ1) is 15.7. The molecule has 0 bridgehead atoms. The highest BCUT2D eigenvalue weighted by Gasteiger charge is 2.52. The largest absolute Gasteiger partial charge is 0.325 e. The first-order chi connectivity index (χ1) is 11.3. The van der Waals surface area contributed by atoms with Crippen molar-refractivity contribution in [3.05, 3.63) is 40.6 Å². The lowest BCUT2D eigenvalue weighted by Crippen LogP contribution is -2.23. The maximum Gasteiger partial charge on any atom is 0.303 e. The van der Waals surface area contributed by atoms with E-state index in [2.05, 4.69) is 15.0 Å². The van der Waals surface area contributed by atoms with E-state index in [1.807, 2.05) is 18.0 Å². The molecule has 0 saturated heterocycles. The van der Waals surface area contributed by atoms with E-state index < -0.39 is 11.7 Å². The lowest BCUT2D eigenvalue weighted by molar-refractivity contribution is 0.00757. The van der Waals surface area contributed by atoms with Gasteiger partial charge in [0.25, 0.3) is 0 Å². The molecular formula is C17H17ClF2N4. The van der Waals surface area contributed by atoms with Crippen LogP contribution >= 0.6 is 11.6 Å². The number of alkyl halides is 2. The van der Waals surface area contributed by atoms with Crippen molar-refractivity contribution in [1.29, 1.82) is 0 Å². The van der Waals surface area contributed by atoms with Crippen LogP contribution in [0.25, 0.3) is 0 Å². The summed E-state index contributed by atoms with van der Waals surface area (Å²) in [4.78, 5) is 14.3. The standard InChI is InChI=1S/C17H17ClF2N4/c1-3-10-6-14(23-15(22-10)16(2,19)20)24-9-17(4-5-17)11-8-21-13(18)7-12(11)24/h6-8H,3-5,9H2,1-2H3. The molecule has 24 heavy (non-hydrogen) atoms. The highest BCUT2D eigenvalue weighted by Crippen LogP contribution is 2.57. The van der Waals surface area contributed by atoms with Crippen LogP contribution in [0.2, 0.25) is 5.15 Å². The van der Waals surface area contributed by atoms with Gasteiger partial charge in [-0.1, -0.05) is 18.5 Å². The molecule has 0 unspecified atom stereocenters. The van der Waals surface area contributed by atoms with Crippen molar-refractivity contribution < 1.29 is 8.78 Å². The summed E-state index contributed by atoms with van der Waals surface area (Å²) in [6.07, 6.45) is 4.52. The van der Waals surface area contributed by atoms with E-state index in [-0.39, 0.29) is 5.41 Å². The fraction of sp³-hybridized carbons (Fsp3) is 0.471. The van der Waals surface area contributed by atoms with E-state index in [0.29, 0.717) is 23.1 Å². The predicted molar refractivity (Wildman–Crippen MR) is 88.1 cm³/mol. The minimum Gasteiger partial charge on any atom is -0.325 e. The van der Waals surface area contributed by atoms with Gasteiger partial charge in [-0.15, -0.1) is 0 Å². The molecule has 0 atom stereocenters. The van der Waals surface area contributed by atoms with Crippen molar-refractivity contribution in [3.63, 3.8) is 0 Å². The number of aryl methyl sites for hydroxylation is 1. The van der Waals surface area contributed by atoms with E-state index in [1.165, 1.54) is 0 Å². The Morgan fingerprint density at radius 1 is 1.29 bits per heavy atom. The smallest absolute Gasteiger partial charge is 0.303 e. The highest BCUT2D eigenvalue weighted by atomic mass is 35.5. The number of aromatic nitrogens is 3. The molecule has 0 N–H and O–H groups in total. The number of fused-ring (bicyclic) bond motifs is 2. The molecule has 1 aliphatic heterocycles. The van der Waals surface area contributed by atoms with Crippen LogP contribution in [0.4, 0.5) is 20.3 Å². The number of anilines is 2. The average Bonchev–Trinajstić information content (AvgIpc) is 3.24. The molecule has 1 spiro atoms. The fourth-order valence-corrected chi connectivity index (χ4v) is 3.46. The minimum absolute atomic E-state index is 0.0686. The molecule has 4 nitrogen and oxygen atoms in total. The molecule has 2 aromatic heterocycles. The molecule has 0 aromatic carbocycles. The van der Waals surface area contributed by atoms with Gasteiger partial charge in [-0.05, 0) is 25.3 Å². The molecular weight excluding hydrogens is 334 g/mol. The summed E-state index contributed by atoms with van der Waals surface area (Å²) in [5.41, 5.74) is 2.72. The van der Waals surface area contributed by atoms with Crippen molar-refractivity contribution in [3.8, 4) is 0 Å². The maximum absolute atomic E-state index is 13.8. The maximum atomic E-state index is 13.8. The van der Waals surface area contributed by atoms with Crippen LogP contribution in [0.5, 0.6) is 0 Å². The molecule has 4 rings (SSSR count). The second kappa shape index (κ2) is 5.09. The molecule has 126 valence electrons. The second-order valence-electron chi connectivity index (χ2n) is 6.67. The number of hydrogen-bond donors (Lipinski definition) is 0. The van der Waals surface area contributed by atoms with Crippen LogP contribution in [-0.4, -0.2) is 21.5 Å². The van der Waals surface area contributed by atoms with E-state index in [0.717, 1.165) is 37.6 Å². The summed E-state index contributed by atoms with van der Waals surface area (Å²) < 4.78 is 27.6. The Morgan fingerprint density at radius 2 is 2.04 bits per heavy atom. The van der Waals surface area contributed by atoms with E-state index in [1.54, 1.807) is 12.1 Å². The number of rotatable bonds is 3. The molecule has 1 saturated carbocycles.